The van der Waals surface area contributed by atoms with Gasteiger partial charge < -0.3 is 4.90 Å². The molecule has 178 valence electrons. The third-order valence-corrected chi connectivity index (χ3v) is 7.25. The maximum atomic E-state index is 12.5. The molecular weight excluding hydrogens is 454 g/mol. The molecule has 1 saturated heterocycles. The van der Waals surface area contributed by atoms with E-state index < -0.39 is 0 Å². The Kier molecular flexibility index (Phi) is 6.74. The second-order valence-electron chi connectivity index (χ2n) is 9.45. The molecule has 4 aromatic rings. The molecule has 4 nitrogen and oxygen atoms in total. The fourth-order valence-corrected chi connectivity index (χ4v) is 5.42. The van der Waals surface area contributed by atoms with Crippen molar-refractivity contribution < 1.29 is 0 Å². The van der Waals surface area contributed by atoms with Crippen molar-refractivity contribution in [3.05, 3.63) is 111 Å². The molecule has 0 bridgehead atoms. The zero-order chi connectivity index (χ0) is 24.4. The summed E-state index contributed by atoms with van der Waals surface area (Å²) >= 11 is 6.70. The van der Waals surface area contributed by atoms with Crippen LogP contribution in [-0.2, 0) is 6.42 Å². The van der Waals surface area contributed by atoms with Crippen molar-refractivity contribution in [1.82, 2.24) is 9.55 Å². The number of piperidine rings is 1. The van der Waals surface area contributed by atoms with Crippen molar-refractivity contribution in [2.75, 3.05) is 18.0 Å². The fraction of sp³-hybridized carbons (Fsp3) is 0.267. The first-order chi connectivity index (χ1) is 17.0. The summed E-state index contributed by atoms with van der Waals surface area (Å²) in [4.78, 5) is 19.3. The van der Waals surface area contributed by atoms with Crippen LogP contribution < -0.4 is 10.5 Å². The third-order valence-electron chi connectivity index (χ3n) is 6.94. The molecule has 0 spiro atoms. The van der Waals surface area contributed by atoms with Gasteiger partial charge in [0.25, 0.3) is 5.56 Å². The molecule has 0 radical (unpaired) electrons. The lowest BCUT2D eigenvalue weighted by Gasteiger charge is -2.34. The monoisotopic (exact) mass is 483 g/mol. The van der Waals surface area contributed by atoms with Gasteiger partial charge in [-0.2, -0.15) is 0 Å². The molecule has 0 aliphatic carbocycles. The van der Waals surface area contributed by atoms with Gasteiger partial charge in [-0.15, -0.1) is 0 Å². The summed E-state index contributed by atoms with van der Waals surface area (Å²) in [5, 5.41) is 0.671. The maximum absolute atomic E-state index is 12.5. The number of rotatable bonds is 5. The van der Waals surface area contributed by atoms with Gasteiger partial charge >= 0.3 is 0 Å². The summed E-state index contributed by atoms with van der Waals surface area (Å²) in [6.45, 7) is 5.64. The number of aromatic nitrogens is 2. The Bertz CT molecular complexity index is 1370. The number of anilines is 1. The Morgan fingerprint density at radius 2 is 1.57 bits per heavy atom. The molecule has 0 N–H and O–H groups in total. The number of halogens is 1. The normalized spacial score (nSPS) is 14.3. The molecule has 0 unspecified atom stereocenters. The summed E-state index contributed by atoms with van der Waals surface area (Å²) in [5.74, 6) is 1.34. The molecule has 0 saturated carbocycles. The molecule has 0 atom stereocenters. The summed E-state index contributed by atoms with van der Waals surface area (Å²) in [6, 6.07) is 27.0. The highest BCUT2D eigenvalue weighted by Crippen LogP contribution is 2.32. The Hall–Kier alpha value is -3.37. The lowest BCUT2D eigenvalue weighted by atomic mass is 9.89. The van der Waals surface area contributed by atoms with Crippen molar-refractivity contribution in [2.45, 2.75) is 33.1 Å². The van der Waals surface area contributed by atoms with Crippen LogP contribution in [0.3, 0.4) is 0 Å². The zero-order valence-electron chi connectivity index (χ0n) is 20.2. The molecular formula is C30H30ClN3O. The number of hydrogen-bond donors (Lipinski definition) is 0. The van der Waals surface area contributed by atoms with E-state index in [-0.39, 0.29) is 5.56 Å². The Morgan fingerprint density at radius 3 is 2.23 bits per heavy atom. The van der Waals surface area contributed by atoms with Gasteiger partial charge in [-0.1, -0.05) is 66.2 Å². The van der Waals surface area contributed by atoms with Crippen LogP contribution in [0.1, 0.15) is 29.9 Å². The van der Waals surface area contributed by atoms with E-state index in [0.717, 1.165) is 49.4 Å². The summed E-state index contributed by atoms with van der Waals surface area (Å²) in [6.07, 6.45) is 3.39. The minimum Gasteiger partial charge on any atom is -0.370 e. The van der Waals surface area contributed by atoms with Gasteiger partial charge in [-0.25, -0.2) is 4.98 Å². The first-order valence-corrected chi connectivity index (χ1v) is 12.6. The van der Waals surface area contributed by atoms with E-state index in [2.05, 4.69) is 64.5 Å². The van der Waals surface area contributed by atoms with Gasteiger partial charge in [0.15, 0.2) is 0 Å². The Balaban J connectivity index is 1.22. The van der Waals surface area contributed by atoms with Crippen LogP contribution >= 0.6 is 11.6 Å². The molecule has 2 heterocycles. The van der Waals surface area contributed by atoms with Gasteiger partial charge in [0, 0.05) is 24.8 Å². The van der Waals surface area contributed by atoms with E-state index in [1.807, 2.05) is 32.0 Å². The average molecular weight is 484 g/mol. The van der Waals surface area contributed by atoms with E-state index in [9.17, 15) is 4.79 Å². The van der Waals surface area contributed by atoms with Crippen molar-refractivity contribution in [2.24, 2.45) is 5.92 Å². The largest absolute Gasteiger partial charge is 0.370 e. The van der Waals surface area contributed by atoms with Gasteiger partial charge in [0.2, 0.25) is 0 Å². The second kappa shape index (κ2) is 10.1. The van der Waals surface area contributed by atoms with Crippen LogP contribution in [0.2, 0.25) is 5.02 Å². The molecule has 1 aliphatic heterocycles. The van der Waals surface area contributed by atoms with Crippen molar-refractivity contribution in [3.63, 3.8) is 0 Å². The van der Waals surface area contributed by atoms with Crippen LogP contribution in [0, 0.1) is 19.8 Å². The quantitative estimate of drug-likeness (QED) is 0.320. The second-order valence-corrected chi connectivity index (χ2v) is 9.86. The topological polar surface area (TPSA) is 38.1 Å². The highest BCUT2D eigenvalue weighted by Gasteiger charge is 2.21. The first-order valence-electron chi connectivity index (χ1n) is 12.2. The van der Waals surface area contributed by atoms with Crippen molar-refractivity contribution >= 4 is 17.3 Å². The van der Waals surface area contributed by atoms with Crippen molar-refractivity contribution in [3.8, 4) is 16.8 Å². The molecule has 5 heteroatoms. The van der Waals surface area contributed by atoms with Crippen molar-refractivity contribution in [1.29, 1.82) is 0 Å². The molecule has 1 fully saturated rings. The maximum Gasteiger partial charge on any atom is 0.258 e. The fourth-order valence-electron chi connectivity index (χ4n) is 5.12. The molecule has 3 aromatic carbocycles. The average Bonchev–Trinajstić information content (AvgIpc) is 2.85. The number of benzene rings is 3. The SMILES string of the molecule is Cc1cc(=O)n(-c2ccc(N3CCC(Cc4ccc(-c5ccccc5)cc4)CC3)c(Cl)c2)c(C)n1. The summed E-state index contributed by atoms with van der Waals surface area (Å²) < 4.78 is 1.61. The van der Waals surface area contributed by atoms with Crippen LogP contribution in [0.25, 0.3) is 16.8 Å². The summed E-state index contributed by atoms with van der Waals surface area (Å²) in [5.41, 5.74) is 6.35. The molecule has 35 heavy (non-hydrogen) atoms. The smallest absolute Gasteiger partial charge is 0.258 e. The van der Waals surface area contributed by atoms with E-state index >= 15 is 0 Å². The molecule has 1 aromatic heterocycles. The minimum absolute atomic E-state index is 0.0866. The zero-order valence-corrected chi connectivity index (χ0v) is 21.0. The van der Waals surface area contributed by atoms with Crippen LogP contribution in [0.15, 0.2) is 83.7 Å². The van der Waals surface area contributed by atoms with Crippen LogP contribution in [-0.4, -0.2) is 22.6 Å². The predicted octanol–water partition coefficient (Wildman–Crippen LogP) is 6.63. The molecule has 0 amide bonds. The van der Waals surface area contributed by atoms with Crippen LogP contribution in [0.4, 0.5) is 5.69 Å². The first kappa shape index (κ1) is 23.4. The highest BCUT2D eigenvalue weighted by atomic mass is 35.5. The Labute approximate surface area is 211 Å². The van der Waals surface area contributed by atoms with Gasteiger partial charge in [-0.05, 0) is 73.9 Å². The van der Waals surface area contributed by atoms with E-state index in [1.54, 1.807) is 10.6 Å². The van der Waals surface area contributed by atoms with E-state index in [0.29, 0.717) is 16.8 Å². The standard InChI is InChI=1S/C30H30ClN3O/c1-21-18-30(35)34(22(2)32-21)27-12-13-29(28(31)20-27)33-16-14-24(15-17-33)19-23-8-10-26(11-9-23)25-6-4-3-5-7-25/h3-13,18,20,24H,14-17,19H2,1-2H3. The van der Waals surface area contributed by atoms with Gasteiger partial charge in [-0.3, -0.25) is 9.36 Å². The van der Waals surface area contributed by atoms with E-state index in [4.69, 9.17) is 11.6 Å². The third kappa shape index (κ3) is 5.18. The number of hydrogen-bond acceptors (Lipinski definition) is 3. The lowest BCUT2D eigenvalue weighted by molar-refractivity contribution is 0.404. The summed E-state index contributed by atoms with van der Waals surface area (Å²) in [7, 11) is 0. The van der Waals surface area contributed by atoms with Gasteiger partial charge in [0.05, 0.1) is 16.4 Å². The Morgan fingerprint density at radius 1 is 0.886 bits per heavy atom. The molecule has 1 aliphatic rings. The highest BCUT2D eigenvalue weighted by molar-refractivity contribution is 6.33. The minimum atomic E-state index is -0.0866. The van der Waals surface area contributed by atoms with E-state index in [1.165, 1.54) is 16.7 Å². The number of nitrogens with zero attached hydrogens (tertiary/aromatic N) is 3. The van der Waals surface area contributed by atoms with Crippen LogP contribution in [0.5, 0.6) is 0 Å². The lowest BCUT2D eigenvalue weighted by Crippen LogP contribution is -2.34. The van der Waals surface area contributed by atoms with Gasteiger partial charge in [0.1, 0.15) is 5.82 Å². The predicted molar refractivity (Wildman–Crippen MR) is 145 cm³/mol. The molecule has 5 rings (SSSR count). The number of aryl methyl sites for hydroxylation is 2.